The fourth-order valence-corrected chi connectivity index (χ4v) is 2.19. The standard InChI is InChI=1S/C9H14FN3S/c1-7-12-13-8(14-7)11-6-5-9(10)3-2-4-9/h2-6H2,1H3,(H,11,13). The highest BCUT2D eigenvalue weighted by Gasteiger charge is 2.36. The van der Waals surface area contributed by atoms with Crippen molar-refractivity contribution in [1.29, 1.82) is 0 Å². The van der Waals surface area contributed by atoms with Gasteiger partial charge in [-0.2, -0.15) is 0 Å². The zero-order chi connectivity index (χ0) is 10.0. The van der Waals surface area contributed by atoms with Gasteiger partial charge in [-0.3, -0.25) is 0 Å². The average molecular weight is 215 g/mol. The third-order valence-electron chi connectivity index (χ3n) is 2.62. The Balaban J connectivity index is 1.72. The minimum atomic E-state index is -0.896. The molecule has 1 aromatic rings. The first-order chi connectivity index (χ1) is 6.68. The number of rotatable bonds is 4. The Labute approximate surface area is 86.7 Å². The van der Waals surface area contributed by atoms with Crippen molar-refractivity contribution in [2.75, 3.05) is 11.9 Å². The van der Waals surface area contributed by atoms with E-state index in [-0.39, 0.29) is 0 Å². The summed E-state index contributed by atoms with van der Waals surface area (Å²) in [6.45, 7) is 2.57. The third-order valence-corrected chi connectivity index (χ3v) is 3.42. The first kappa shape index (κ1) is 9.83. The Hall–Kier alpha value is -0.710. The van der Waals surface area contributed by atoms with Gasteiger partial charge in [-0.15, -0.1) is 10.2 Å². The van der Waals surface area contributed by atoms with Crippen molar-refractivity contribution < 1.29 is 4.39 Å². The van der Waals surface area contributed by atoms with Crippen LogP contribution in [0.3, 0.4) is 0 Å². The van der Waals surface area contributed by atoms with Gasteiger partial charge in [-0.1, -0.05) is 11.3 Å². The number of hydrogen-bond acceptors (Lipinski definition) is 4. The van der Waals surface area contributed by atoms with Gasteiger partial charge in [0.25, 0.3) is 0 Å². The van der Waals surface area contributed by atoms with E-state index in [1.54, 1.807) is 0 Å². The van der Waals surface area contributed by atoms with Crippen LogP contribution in [0, 0.1) is 6.92 Å². The van der Waals surface area contributed by atoms with Crippen LogP contribution in [0.2, 0.25) is 0 Å². The van der Waals surface area contributed by atoms with E-state index in [0.29, 0.717) is 13.0 Å². The monoisotopic (exact) mass is 215 g/mol. The largest absolute Gasteiger partial charge is 0.360 e. The smallest absolute Gasteiger partial charge is 0.205 e. The molecule has 5 heteroatoms. The molecule has 0 aromatic carbocycles. The second-order valence-corrected chi connectivity index (χ2v) is 4.99. The number of hydrogen-bond donors (Lipinski definition) is 1. The first-order valence-electron chi connectivity index (χ1n) is 4.91. The van der Waals surface area contributed by atoms with Crippen LogP contribution >= 0.6 is 11.3 Å². The number of alkyl halides is 1. The summed E-state index contributed by atoms with van der Waals surface area (Å²) in [4.78, 5) is 0. The SMILES string of the molecule is Cc1nnc(NCCC2(F)CCC2)s1. The minimum Gasteiger partial charge on any atom is -0.360 e. The molecule has 1 aromatic heterocycles. The Bertz CT molecular complexity index is 309. The van der Waals surface area contributed by atoms with Crippen molar-refractivity contribution in [2.24, 2.45) is 0 Å². The predicted octanol–water partition coefficient (Wildman–Crippen LogP) is 2.54. The van der Waals surface area contributed by atoms with E-state index in [0.717, 1.165) is 29.4 Å². The molecular formula is C9H14FN3S. The summed E-state index contributed by atoms with van der Waals surface area (Å²) < 4.78 is 13.5. The van der Waals surface area contributed by atoms with Gasteiger partial charge < -0.3 is 5.32 Å². The molecule has 1 aliphatic rings. The Morgan fingerprint density at radius 1 is 1.50 bits per heavy atom. The molecule has 14 heavy (non-hydrogen) atoms. The number of anilines is 1. The van der Waals surface area contributed by atoms with Crippen molar-refractivity contribution in [2.45, 2.75) is 38.3 Å². The van der Waals surface area contributed by atoms with E-state index in [1.165, 1.54) is 11.3 Å². The summed E-state index contributed by atoms with van der Waals surface area (Å²) in [7, 11) is 0. The fourth-order valence-electron chi connectivity index (χ4n) is 1.57. The molecule has 0 radical (unpaired) electrons. The van der Waals surface area contributed by atoms with E-state index in [4.69, 9.17) is 0 Å². The average Bonchev–Trinajstić information content (AvgIpc) is 2.49. The van der Waals surface area contributed by atoms with E-state index in [2.05, 4.69) is 15.5 Å². The van der Waals surface area contributed by atoms with Crippen LogP contribution in [0.15, 0.2) is 0 Å². The van der Waals surface area contributed by atoms with E-state index in [1.807, 2.05) is 6.92 Å². The van der Waals surface area contributed by atoms with Gasteiger partial charge in [0.05, 0.1) is 0 Å². The minimum absolute atomic E-state index is 0.589. The highest BCUT2D eigenvalue weighted by molar-refractivity contribution is 7.15. The molecule has 0 saturated heterocycles. The van der Waals surface area contributed by atoms with E-state index >= 15 is 0 Å². The summed E-state index contributed by atoms with van der Waals surface area (Å²) in [6, 6.07) is 0. The maximum atomic E-state index is 13.5. The summed E-state index contributed by atoms with van der Waals surface area (Å²) in [5, 5.41) is 12.6. The molecule has 0 amide bonds. The summed E-state index contributed by atoms with van der Waals surface area (Å²) >= 11 is 1.51. The maximum Gasteiger partial charge on any atom is 0.205 e. The molecule has 1 aliphatic carbocycles. The molecule has 78 valence electrons. The van der Waals surface area contributed by atoms with Crippen LogP contribution in [0.4, 0.5) is 9.52 Å². The fraction of sp³-hybridized carbons (Fsp3) is 0.778. The Morgan fingerprint density at radius 3 is 2.79 bits per heavy atom. The van der Waals surface area contributed by atoms with Crippen LogP contribution in [0.1, 0.15) is 30.7 Å². The molecule has 3 nitrogen and oxygen atoms in total. The lowest BCUT2D eigenvalue weighted by molar-refractivity contribution is 0.0578. The molecule has 2 rings (SSSR count). The molecule has 0 spiro atoms. The third kappa shape index (κ3) is 2.20. The van der Waals surface area contributed by atoms with Crippen molar-refractivity contribution in [3.8, 4) is 0 Å². The van der Waals surface area contributed by atoms with Gasteiger partial charge >= 0.3 is 0 Å². The van der Waals surface area contributed by atoms with Crippen LogP contribution in [-0.2, 0) is 0 Å². The van der Waals surface area contributed by atoms with Crippen LogP contribution in [0.25, 0.3) is 0 Å². The molecule has 1 heterocycles. The quantitative estimate of drug-likeness (QED) is 0.838. The molecule has 1 fully saturated rings. The van der Waals surface area contributed by atoms with Crippen LogP contribution in [-0.4, -0.2) is 22.4 Å². The predicted molar refractivity (Wildman–Crippen MR) is 55.4 cm³/mol. The number of nitrogens with zero attached hydrogens (tertiary/aromatic N) is 2. The Morgan fingerprint density at radius 2 is 2.29 bits per heavy atom. The lowest BCUT2D eigenvalue weighted by Crippen LogP contribution is -2.33. The molecule has 0 unspecified atom stereocenters. The molecule has 0 aliphatic heterocycles. The van der Waals surface area contributed by atoms with E-state index < -0.39 is 5.67 Å². The first-order valence-corrected chi connectivity index (χ1v) is 5.73. The maximum absolute atomic E-state index is 13.5. The van der Waals surface area contributed by atoms with Crippen molar-refractivity contribution in [3.05, 3.63) is 5.01 Å². The topological polar surface area (TPSA) is 37.8 Å². The molecule has 0 atom stereocenters. The Kier molecular flexibility index (Phi) is 2.67. The van der Waals surface area contributed by atoms with Crippen molar-refractivity contribution in [3.63, 3.8) is 0 Å². The van der Waals surface area contributed by atoms with Crippen LogP contribution < -0.4 is 5.32 Å². The summed E-state index contributed by atoms with van der Waals surface area (Å²) in [6.07, 6.45) is 3.08. The van der Waals surface area contributed by atoms with Crippen molar-refractivity contribution >= 4 is 16.5 Å². The zero-order valence-electron chi connectivity index (χ0n) is 8.22. The van der Waals surface area contributed by atoms with Gasteiger partial charge in [0.15, 0.2) is 0 Å². The van der Waals surface area contributed by atoms with Crippen molar-refractivity contribution in [1.82, 2.24) is 10.2 Å². The normalized spacial score (nSPS) is 19.0. The number of aryl methyl sites for hydroxylation is 1. The second-order valence-electron chi connectivity index (χ2n) is 3.81. The molecule has 1 saturated carbocycles. The molecule has 0 bridgehead atoms. The highest BCUT2D eigenvalue weighted by Crippen LogP contribution is 2.38. The van der Waals surface area contributed by atoms with E-state index in [9.17, 15) is 4.39 Å². The second kappa shape index (κ2) is 3.81. The molecule has 1 N–H and O–H groups in total. The van der Waals surface area contributed by atoms with Gasteiger partial charge in [0.1, 0.15) is 10.7 Å². The van der Waals surface area contributed by atoms with Gasteiger partial charge in [-0.05, 0) is 32.6 Å². The van der Waals surface area contributed by atoms with Gasteiger partial charge in [0.2, 0.25) is 5.13 Å². The highest BCUT2D eigenvalue weighted by atomic mass is 32.1. The van der Waals surface area contributed by atoms with Gasteiger partial charge in [-0.25, -0.2) is 4.39 Å². The lowest BCUT2D eigenvalue weighted by Gasteiger charge is -2.33. The number of nitrogens with one attached hydrogen (secondary N) is 1. The lowest BCUT2D eigenvalue weighted by atomic mass is 9.80. The van der Waals surface area contributed by atoms with Crippen LogP contribution in [0.5, 0.6) is 0 Å². The number of halogens is 1. The number of aromatic nitrogens is 2. The summed E-state index contributed by atoms with van der Waals surface area (Å²) in [5.74, 6) is 0. The summed E-state index contributed by atoms with van der Waals surface area (Å²) in [5.41, 5.74) is -0.896. The zero-order valence-corrected chi connectivity index (χ0v) is 9.03. The molecular weight excluding hydrogens is 201 g/mol. The van der Waals surface area contributed by atoms with Gasteiger partial charge in [0, 0.05) is 6.54 Å².